The molecule has 0 saturated carbocycles. The highest BCUT2D eigenvalue weighted by molar-refractivity contribution is 7.80. The smallest absolute Gasteiger partial charge is 0.186 e. The summed E-state index contributed by atoms with van der Waals surface area (Å²) in [6, 6.07) is 13.9. The fourth-order valence-corrected chi connectivity index (χ4v) is 2.46. The summed E-state index contributed by atoms with van der Waals surface area (Å²) in [5.74, 6) is 1.30. The highest BCUT2D eigenvalue weighted by Gasteiger charge is 2.09. The van der Waals surface area contributed by atoms with Gasteiger partial charge in [0.05, 0.1) is 13.3 Å². The minimum Gasteiger partial charge on any atom is -0.493 e. The van der Waals surface area contributed by atoms with E-state index < -0.39 is 0 Å². The number of hydrogen-bond donors (Lipinski definition) is 2. The van der Waals surface area contributed by atoms with Crippen molar-refractivity contribution in [2.45, 2.75) is 20.5 Å². The summed E-state index contributed by atoms with van der Waals surface area (Å²) in [7, 11) is 1.62. The Hall–Kier alpha value is -2.60. The monoisotopic (exact) mass is 357 g/mol. The van der Waals surface area contributed by atoms with Crippen LogP contribution in [-0.2, 0) is 6.61 Å². The molecule has 0 aliphatic heterocycles. The SMILES string of the molecule is CCNC(=S)N/N=C\c1cccc(OC)c1OCc1cccc(C)c1. The van der Waals surface area contributed by atoms with E-state index in [1.165, 1.54) is 5.56 Å². The standard InChI is InChI=1S/C19H23N3O2S/c1-4-20-19(25)22-21-12-16-9-6-10-17(23-3)18(16)24-13-15-8-5-7-14(2)11-15/h5-12H,4,13H2,1-3H3,(H2,20,22,25)/b21-12-. The second-order valence-corrected chi connectivity index (χ2v) is 5.79. The number of para-hydroxylation sites is 1. The molecule has 0 aliphatic rings. The molecule has 0 aromatic heterocycles. The van der Waals surface area contributed by atoms with Crippen molar-refractivity contribution < 1.29 is 9.47 Å². The lowest BCUT2D eigenvalue weighted by Gasteiger charge is -2.13. The van der Waals surface area contributed by atoms with Gasteiger partial charge in [-0.1, -0.05) is 35.9 Å². The second-order valence-electron chi connectivity index (χ2n) is 5.39. The van der Waals surface area contributed by atoms with Gasteiger partial charge >= 0.3 is 0 Å². The van der Waals surface area contributed by atoms with Gasteiger partial charge in [-0.3, -0.25) is 5.43 Å². The van der Waals surface area contributed by atoms with Gasteiger partial charge in [0, 0.05) is 12.1 Å². The molecular weight excluding hydrogens is 334 g/mol. The number of methoxy groups -OCH3 is 1. The van der Waals surface area contributed by atoms with Crippen molar-refractivity contribution in [1.82, 2.24) is 10.7 Å². The van der Waals surface area contributed by atoms with E-state index in [9.17, 15) is 0 Å². The Morgan fingerprint density at radius 3 is 2.76 bits per heavy atom. The minimum absolute atomic E-state index is 0.451. The molecule has 0 spiro atoms. The molecule has 2 N–H and O–H groups in total. The lowest BCUT2D eigenvalue weighted by atomic mass is 10.1. The molecule has 0 atom stereocenters. The fourth-order valence-electron chi connectivity index (χ4n) is 2.27. The van der Waals surface area contributed by atoms with Crippen molar-refractivity contribution in [3.63, 3.8) is 0 Å². The summed E-state index contributed by atoms with van der Waals surface area (Å²) in [5.41, 5.74) is 5.87. The Morgan fingerprint density at radius 1 is 1.24 bits per heavy atom. The number of nitrogens with zero attached hydrogens (tertiary/aromatic N) is 1. The van der Waals surface area contributed by atoms with E-state index in [0.29, 0.717) is 23.2 Å². The van der Waals surface area contributed by atoms with Crippen molar-refractivity contribution in [1.29, 1.82) is 0 Å². The summed E-state index contributed by atoms with van der Waals surface area (Å²) in [6.45, 7) is 5.22. The van der Waals surface area contributed by atoms with Gasteiger partial charge in [0.15, 0.2) is 16.6 Å². The van der Waals surface area contributed by atoms with Crippen LogP contribution in [0.2, 0.25) is 0 Å². The van der Waals surface area contributed by atoms with Crippen molar-refractivity contribution >= 4 is 23.5 Å². The largest absolute Gasteiger partial charge is 0.493 e. The normalized spacial score (nSPS) is 10.5. The quantitative estimate of drug-likeness (QED) is 0.452. The van der Waals surface area contributed by atoms with Crippen LogP contribution in [0.25, 0.3) is 0 Å². The molecule has 0 saturated heterocycles. The van der Waals surface area contributed by atoms with E-state index in [1.54, 1.807) is 13.3 Å². The summed E-state index contributed by atoms with van der Waals surface area (Å²) in [6.07, 6.45) is 1.66. The van der Waals surface area contributed by atoms with E-state index in [4.69, 9.17) is 21.7 Å². The zero-order valence-electron chi connectivity index (χ0n) is 14.7. The molecule has 132 valence electrons. The summed E-state index contributed by atoms with van der Waals surface area (Å²) < 4.78 is 11.4. The third-order valence-corrected chi connectivity index (χ3v) is 3.64. The zero-order chi connectivity index (χ0) is 18.1. The molecule has 2 aromatic rings. The van der Waals surface area contributed by atoms with E-state index in [2.05, 4.69) is 34.9 Å². The van der Waals surface area contributed by atoms with E-state index >= 15 is 0 Å². The van der Waals surface area contributed by atoms with Crippen molar-refractivity contribution in [3.05, 3.63) is 59.2 Å². The van der Waals surface area contributed by atoms with Gasteiger partial charge in [0.2, 0.25) is 0 Å². The number of rotatable bonds is 7. The maximum Gasteiger partial charge on any atom is 0.186 e. The van der Waals surface area contributed by atoms with Gasteiger partial charge in [-0.2, -0.15) is 5.10 Å². The van der Waals surface area contributed by atoms with E-state index in [-0.39, 0.29) is 0 Å². The highest BCUT2D eigenvalue weighted by Crippen LogP contribution is 2.30. The first-order valence-electron chi connectivity index (χ1n) is 8.06. The number of hydrazone groups is 1. The van der Waals surface area contributed by atoms with Crippen LogP contribution in [0, 0.1) is 6.92 Å². The Balaban J connectivity index is 2.14. The molecule has 25 heavy (non-hydrogen) atoms. The van der Waals surface area contributed by atoms with Crippen LogP contribution < -0.4 is 20.2 Å². The van der Waals surface area contributed by atoms with Crippen LogP contribution in [0.1, 0.15) is 23.6 Å². The lowest BCUT2D eigenvalue weighted by molar-refractivity contribution is 0.284. The number of benzene rings is 2. The number of hydrogen-bond acceptors (Lipinski definition) is 4. The molecule has 0 aliphatic carbocycles. The van der Waals surface area contributed by atoms with Gasteiger partial charge in [-0.05, 0) is 43.8 Å². The zero-order valence-corrected chi connectivity index (χ0v) is 15.5. The highest BCUT2D eigenvalue weighted by atomic mass is 32.1. The molecule has 2 rings (SSSR count). The van der Waals surface area contributed by atoms with Gasteiger partial charge in [0.25, 0.3) is 0 Å². The Bertz CT molecular complexity index is 747. The van der Waals surface area contributed by atoms with Crippen LogP contribution >= 0.6 is 12.2 Å². The topological polar surface area (TPSA) is 54.9 Å². The van der Waals surface area contributed by atoms with Crippen molar-refractivity contribution in [2.75, 3.05) is 13.7 Å². The summed E-state index contributed by atoms with van der Waals surface area (Å²) in [4.78, 5) is 0. The average Bonchev–Trinajstić information content (AvgIpc) is 2.60. The number of nitrogens with one attached hydrogen (secondary N) is 2. The van der Waals surface area contributed by atoms with Crippen molar-refractivity contribution in [3.8, 4) is 11.5 Å². The Morgan fingerprint density at radius 2 is 2.04 bits per heavy atom. The van der Waals surface area contributed by atoms with Crippen LogP contribution in [-0.4, -0.2) is 25.0 Å². The maximum atomic E-state index is 6.01. The summed E-state index contributed by atoms with van der Waals surface area (Å²) >= 11 is 5.09. The second kappa shape index (κ2) is 9.64. The fraction of sp³-hybridized carbons (Fsp3) is 0.263. The van der Waals surface area contributed by atoms with E-state index in [0.717, 1.165) is 17.7 Å². The van der Waals surface area contributed by atoms with Crippen LogP contribution in [0.5, 0.6) is 11.5 Å². The van der Waals surface area contributed by atoms with Crippen molar-refractivity contribution in [2.24, 2.45) is 5.10 Å². The number of ether oxygens (including phenoxy) is 2. The van der Waals surface area contributed by atoms with Crippen LogP contribution in [0.4, 0.5) is 0 Å². The molecule has 0 amide bonds. The van der Waals surface area contributed by atoms with Gasteiger partial charge in [-0.15, -0.1) is 0 Å². The maximum absolute atomic E-state index is 6.01. The number of aryl methyl sites for hydroxylation is 1. The molecule has 0 unspecified atom stereocenters. The van der Waals surface area contributed by atoms with Crippen LogP contribution in [0.3, 0.4) is 0 Å². The van der Waals surface area contributed by atoms with E-state index in [1.807, 2.05) is 37.3 Å². The molecule has 6 heteroatoms. The first-order valence-corrected chi connectivity index (χ1v) is 8.47. The van der Waals surface area contributed by atoms with Gasteiger partial charge in [0.1, 0.15) is 6.61 Å². The molecule has 0 heterocycles. The predicted octanol–water partition coefficient (Wildman–Crippen LogP) is 3.40. The first kappa shape index (κ1) is 18.7. The van der Waals surface area contributed by atoms with Gasteiger partial charge in [-0.25, -0.2) is 0 Å². The third kappa shape index (κ3) is 5.76. The molecule has 5 nitrogen and oxygen atoms in total. The van der Waals surface area contributed by atoms with Gasteiger partial charge < -0.3 is 14.8 Å². The molecule has 2 aromatic carbocycles. The predicted molar refractivity (Wildman–Crippen MR) is 106 cm³/mol. The molecule has 0 fully saturated rings. The van der Waals surface area contributed by atoms with Crippen LogP contribution in [0.15, 0.2) is 47.6 Å². The number of thiocarbonyl (C=S) groups is 1. The lowest BCUT2D eigenvalue weighted by Crippen LogP contribution is -2.31. The Labute approximate surface area is 154 Å². The Kier molecular flexibility index (Phi) is 7.22. The average molecular weight is 357 g/mol. The first-order chi connectivity index (χ1) is 12.1. The summed E-state index contributed by atoms with van der Waals surface area (Å²) in [5, 5.41) is 7.60. The third-order valence-electron chi connectivity index (χ3n) is 3.40. The minimum atomic E-state index is 0.451. The molecule has 0 radical (unpaired) electrons. The molecule has 0 bridgehead atoms. The molecular formula is C19H23N3O2S.